The maximum atomic E-state index is 13.2. The highest BCUT2D eigenvalue weighted by atomic mass is 19.1. The number of hydrogen-bond donors (Lipinski definition) is 2. The van der Waals surface area contributed by atoms with Gasteiger partial charge in [0.1, 0.15) is 5.82 Å². The van der Waals surface area contributed by atoms with Crippen molar-refractivity contribution in [2.24, 2.45) is 0 Å². The van der Waals surface area contributed by atoms with Crippen LogP contribution < -0.4 is 10.6 Å². The topological polar surface area (TPSA) is 61.4 Å². The Hall–Kier alpha value is -2.89. The summed E-state index contributed by atoms with van der Waals surface area (Å²) in [5.41, 5.74) is 2.43. The van der Waals surface area contributed by atoms with E-state index in [2.05, 4.69) is 10.6 Å². The van der Waals surface area contributed by atoms with Gasteiger partial charge in [-0.1, -0.05) is 24.3 Å². The Morgan fingerprint density at radius 3 is 2.52 bits per heavy atom. The number of amides is 3. The molecule has 5 nitrogen and oxygen atoms in total. The number of likely N-dealkylation sites (tertiary alicyclic amines) is 1. The van der Waals surface area contributed by atoms with Crippen LogP contribution in [0.3, 0.4) is 0 Å². The van der Waals surface area contributed by atoms with Gasteiger partial charge in [-0.05, 0) is 54.7 Å². The zero-order chi connectivity index (χ0) is 19.1. The Labute approximate surface area is 158 Å². The smallest absolute Gasteiger partial charge is 0.321 e. The SMILES string of the molecule is O=C(CCc1cccc(F)c1)NCc1cccc(NC(=O)N2CCCC2)c1. The van der Waals surface area contributed by atoms with E-state index in [-0.39, 0.29) is 17.8 Å². The quantitative estimate of drug-likeness (QED) is 0.816. The van der Waals surface area contributed by atoms with Crippen LogP contribution in [0.2, 0.25) is 0 Å². The number of anilines is 1. The van der Waals surface area contributed by atoms with E-state index >= 15 is 0 Å². The van der Waals surface area contributed by atoms with Gasteiger partial charge in [-0.25, -0.2) is 9.18 Å². The minimum atomic E-state index is -0.291. The second-order valence-electron chi connectivity index (χ2n) is 6.73. The van der Waals surface area contributed by atoms with Crippen LogP contribution in [0.5, 0.6) is 0 Å². The molecule has 0 atom stereocenters. The van der Waals surface area contributed by atoms with E-state index in [4.69, 9.17) is 0 Å². The second kappa shape index (κ2) is 9.16. The summed E-state index contributed by atoms with van der Waals surface area (Å²) in [4.78, 5) is 26.0. The predicted octanol–water partition coefficient (Wildman–Crippen LogP) is 3.70. The van der Waals surface area contributed by atoms with Crippen LogP contribution in [-0.4, -0.2) is 29.9 Å². The van der Waals surface area contributed by atoms with Crippen molar-refractivity contribution in [2.45, 2.75) is 32.2 Å². The summed E-state index contributed by atoms with van der Waals surface area (Å²) in [6.07, 6.45) is 2.90. The third kappa shape index (κ3) is 5.81. The Balaban J connectivity index is 1.46. The molecule has 0 saturated carbocycles. The lowest BCUT2D eigenvalue weighted by atomic mass is 10.1. The predicted molar refractivity (Wildman–Crippen MR) is 103 cm³/mol. The Morgan fingerprint density at radius 2 is 1.74 bits per heavy atom. The fraction of sp³-hybridized carbons (Fsp3) is 0.333. The highest BCUT2D eigenvalue weighted by Crippen LogP contribution is 2.14. The number of urea groups is 1. The number of carbonyl (C=O) groups is 2. The van der Waals surface area contributed by atoms with E-state index in [1.165, 1.54) is 12.1 Å². The molecule has 0 radical (unpaired) electrons. The molecule has 0 spiro atoms. The molecule has 142 valence electrons. The molecule has 0 bridgehead atoms. The van der Waals surface area contributed by atoms with E-state index < -0.39 is 0 Å². The molecule has 2 N–H and O–H groups in total. The van der Waals surface area contributed by atoms with Crippen LogP contribution in [-0.2, 0) is 17.8 Å². The maximum absolute atomic E-state index is 13.2. The number of nitrogens with one attached hydrogen (secondary N) is 2. The normalized spacial score (nSPS) is 13.4. The molecule has 2 aromatic carbocycles. The van der Waals surface area contributed by atoms with Gasteiger partial charge in [-0.2, -0.15) is 0 Å². The van der Waals surface area contributed by atoms with E-state index in [0.717, 1.165) is 42.7 Å². The lowest BCUT2D eigenvalue weighted by Crippen LogP contribution is -2.32. The molecule has 3 rings (SSSR count). The molecule has 3 amide bonds. The van der Waals surface area contributed by atoms with Gasteiger partial charge in [-0.15, -0.1) is 0 Å². The average Bonchev–Trinajstić information content (AvgIpc) is 3.20. The maximum Gasteiger partial charge on any atom is 0.321 e. The third-order valence-corrected chi connectivity index (χ3v) is 4.59. The number of hydrogen-bond acceptors (Lipinski definition) is 2. The first-order chi connectivity index (χ1) is 13.1. The molecule has 27 heavy (non-hydrogen) atoms. The van der Waals surface area contributed by atoms with Gasteiger partial charge >= 0.3 is 6.03 Å². The van der Waals surface area contributed by atoms with E-state index in [1.807, 2.05) is 30.3 Å². The Bertz CT molecular complexity index is 804. The fourth-order valence-electron chi connectivity index (χ4n) is 3.12. The number of aryl methyl sites for hydroxylation is 1. The van der Waals surface area contributed by atoms with Crippen molar-refractivity contribution in [1.29, 1.82) is 0 Å². The first kappa shape index (κ1) is 18.9. The molecule has 1 aliphatic heterocycles. The molecule has 0 aromatic heterocycles. The second-order valence-corrected chi connectivity index (χ2v) is 6.73. The number of rotatable bonds is 6. The fourth-order valence-corrected chi connectivity index (χ4v) is 3.12. The van der Waals surface area contributed by atoms with E-state index in [9.17, 15) is 14.0 Å². The summed E-state index contributed by atoms with van der Waals surface area (Å²) in [5.74, 6) is -0.383. The standard InChI is InChI=1S/C21H24FN3O2/c22-18-7-3-5-16(13-18)9-10-20(26)23-15-17-6-4-8-19(14-17)24-21(27)25-11-1-2-12-25/h3-8,13-14H,1-2,9-12,15H2,(H,23,26)(H,24,27). The molecule has 1 saturated heterocycles. The largest absolute Gasteiger partial charge is 0.352 e. The van der Waals surface area contributed by atoms with Crippen molar-refractivity contribution < 1.29 is 14.0 Å². The number of benzene rings is 2. The molecule has 1 aliphatic rings. The minimum Gasteiger partial charge on any atom is -0.352 e. The summed E-state index contributed by atoms with van der Waals surface area (Å²) in [6.45, 7) is 1.98. The molecule has 0 unspecified atom stereocenters. The van der Waals surface area contributed by atoms with Crippen molar-refractivity contribution in [2.75, 3.05) is 18.4 Å². The number of nitrogens with zero attached hydrogens (tertiary/aromatic N) is 1. The summed E-state index contributed by atoms with van der Waals surface area (Å²) in [7, 11) is 0. The van der Waals surface area contributed by atoms with Crippen molar-refractivity contribution in [1.82, 2.24) is 10.2 Å². The van der Waals surface area contributed by atoms with Crippen LogP contribution in [0.1, 0.15) is 30.4 Å². The van der Waals surface area contributed by atoms with Crippen LogP contribution in [0.4, 0.5) is 14.9 Å². The van der Waals surface area contributed by atoms with Crippen molar-refractivity contribution >= 4 is 17.6 Å². The molecule has 0 aliphatic carbocycles. The summed E-state index contributed by atoms with van der Waals surface area (Å²) >= 11 is 0. The van der Waals surface area contributed by atoms with E-state index in [0.29, 0.717) is 19.4 Å². The highest BCUT2D eigenvalue weighted by Gasteiger charge is 2.17. The number of halogens is 1. The van der Waals surface area contributed by atoms with Crippen LogP contribution in [0.25, 0.3) is 0 Å². The highest BCUT2D eigenvalue weighted by molar-refractivity contribution is 5.89. The van der Waals surface area contributed by atoms with Gasteiger partial charge < -0.3 is 15.5 Å². The zero-order valence-electron chi connectivity index (χ0n) is 15.2. The van der Waals surface area contributed by atoms with Gasteiger partial charge in [-0.3, -0.25) is 4.79 Å². The minimum absolute atomic E-state index is 0.0798. The molecular weight excluding hydrogens is 345 g/mol. The van der Waals surface area contributed by atoms with Crippen molar-refractivity contribution in [3.05, 3.63) is 65.5 Å². The zero-order valence-corrected chi connectivity index (χ0v) is 15.2. The van der Waals surface area contributed by atoms with Gasteiger partial charge in [0.05, 0.1) is 0 Å². The molecule has 1 fully saturated rings. The molecule has 6 heteroatoms. The molecule has 1 heterocycles. The van der Waals surface area contributed by atoms with Crippen LogP contribution in [0, 0.1) is 5.82 Å². The lowest BCUT2D eigenvalue weighted by molar-refractivity contribution is -0.121. The first-order valence-corrected chi connectivity index (χ1v) is 9.26. The summed E-state index contributed by atoms with van der Waals surface area (Å²) in [5, 5.41) is 5.77. The Kier molecular flexibility index (Phi) is 6.41. The van der Waals surface area contributed by atoms with Crippen LogP contribution >= 0.6 is 0 Å². The molecular formula is C21H24FN3O2. The van der Waals surface area contributed by atoms with Crippen molar-refractivity contribution in [3.8, 4) is 0 Å². The number of carbonyl (C=O) groups excluding carboxylic acids is 2. The monoisotopic (exact) mass is 369 g/mol. The van der Waals surface area contributed by atoms with Gasteiger partial charge in [0, 0.05) is 31.7 Å². The van der Waals surface area contributed by atoms with E-state index in [1.54, 1.807) is 11.0 Å². The third-order valence-electron chi connectivity index (χ3n) is 4.59. The van der Waals surface area contributed by atoms with Crippen LogP contribution in [0.15, 0.2) is 48.5 Å². The average molecular weight is 369 g/mol. The first-order valence-electron chi connectivity index (χ1n) is 9.26. The lowest BCUT2D eigenvalue weighted by Gasteiger charge is -2.16. The summed E-state index contributed by atoms with van der Waals surface area (Å²) < 4.78 is 13.2. The van der Waals surface area contributed by atoms with Gasteiger partial charge in [0.25, 0.3) is 0 Å². The summed E-state index contributed by atoms with van der Waals surface area (Å²) in [6, 6.07) is 13.7. The van der Waals surface area contributed by atoms with Crippen molar-refractivity contribution in [3.63, 3.8) is 0 Å². The molecule has 2 aromatic rings. The van der Waals surface area contributed by atoms with Gasteiger partial charge in [0.15, 0.2) is 0 Å². The Morgan fingerprint density at radius 1 is 1.00 bits per heavy atom. The van der Waals surface area contributed by atoms with Gasteiger partial charge in [0.2, 0.25) is 5.91 Å².